The van der Waals surface area contributed by atoms with Crippen molar-refractivity contribution in [2.75, 3.05) is 0 Å². The summed E-state index contributed by atoms with van der Waals surface area (Å²) in [5.41, 5.74) is 17.2. The zero-order valence-electron chi connectivity index (χ0n) is 49.9. The predicted molar refractivity (Wildman–Crippen MR) is 379 cm³/mol. The van der Waals surface area contributed by atoms with E-state index in [0.29, 0.717) is 22.8 Å². The fourth-order valence-corrected chi connectivity index (χ4v) is 14.2. The maximum Gasteiger partial charge on any atom is 0.109 e. The van der Waals surface area contributed by atoms with Crippen molar-refractivity contribution in [2.45, 2.75) is 0 Å². The SMILES string of the molecule is c1cnc2c(c1)ccc1cc(-c3c4ccccc4c(-c4cnc(-c5cnc(-c6c7ccccc7c(-c7cnc(-c8cnc(-c9c%10ccccc%10c(-c%10cnc%11c(ccc%12cccnc%12%11)c%10)c%10ccccc9%10)cn8)cn7)c7ccccc67)cn5)cn4)c4ccccc34)cnc12. The molecule has 11 aromatic carbocycles. The predicted octanol–water partition coefficient (Wildman–Crippen LogP) is 19.3. The zero-order valence-corrected chi connectivity index (χ0v) is 49.9. The first-order valence-corrected chi connectivity index (χ1v) is 31.0. The lowest BCUT2D eigenvalue weighted by molar-refractivity contribution is 1.15. The highest BCUT2D eigenvalue weighted by Gasteiger charge is 2.23. The van der Waals surface area contributed by atoms with Gasteiger partial charge in [0, 0.05) is 79.7 Å². The molecule has 0 bridgehead atoms. The van der Waals surface area contributed by atoms with Gasteiger partial charge in [0.1, 0.15) is 22.8 Å². The topological polar surface area (TPSA) is 155 Å². The largest absolute Gasteiger partial charge is 0.254 e. The number of nitrogens with zero attached hydrogens (tertiary/aromatic N) is 12. The highest BCUT2D eigenvalue weighted by atomic mass is 14.9. The van der Waals surface area contributed by atoms with Crippen LogP contribution in [0.15, 0.2) is 281 Å². The first-order chi connectivity index (χ1) is 46.6. The average molecular weight is 1200 g/mol. The third-order valence-electron chi connectivity index (χ3n) is 18.4. The van der Waals surface area contributed by atoms with Gasteiger partial charge >= 0.3 is 0 Å². The summed E-state index contributed by atoms with van der Waals surface area (Å²) < 4.78 is 0. The van der Waals surface area contributed by atoms with Crippen molar-refractivity contribution in [1.82, 2.24) is 59.8 Å². The molecule has 434 valence electrons. The Bertz CT molecular complexity index is 5780. The number of hydrogen-bond donors (Lipinski definition) is 0. The van der Waals surface area contributed by atoms with Crippen LogP contribution in [0, 0.1) is 0 Å². The standard InChI is InChI=1S/C82H46N12/c1-5-21-57-53(17-1)73(51-35-49-31-29-47-15-13-33-83-79(47)81(49)93-37-51)54-18-2-6-22-58(54)75(57)69-43-85-65(39-89-69)67-41-91-71(45-87-67)77-61-25-9-11-27-63(61)78(64-28-12-10-26-62(64)77)72-46-88-68(42-92-72)66-40-90-70(44-86-66)76-59-23-7-3-19-55(59)74(56-20-4-8-24-60(56)76)52-36-50-32-30-48-16-14-34-84-80(48)82(50)94-38-52/h1-46H. The monoisotopic (exact) mass is 1200 g/mol. The molecule has 19 rings (SSSR count). The highest BCUT2D eigenvalue weighted by molar-refractivity contribution is 6.24. The van der Waals surface area contributed by atoms with Gasteiger partial charge in [-0.1, -0.05) is 182 Å². The Morgan fingerprint density at radius 1 is 0.160 bits per heavy atom. The van der Waals surface area contributed by atoms with Crippen molar-refractivity contribution >= 4 is 108 Å². The van der Waals surface area contributed by atoms with Crippen LogP contribution in [0.4, 0.5) is 0 Å². The molecular weight excluding hydrogens is 1150 g/mol. The molecule has 0 aliphatic carbocycles. The summed E-state index contributed by atoms with van der Waals surface area (Å²) in [4.78, 5) is 59.9. The third-order valence-corrected chi connectivity index (χ3v) is 18.4. The van der Waals surface area contributed by atoms with Gasteiger partial charge in [0.25, 0.3) is 0 Å². The van der Waals surface area contributed by atoms with E-state index in [1.54, 1.807) is 24.8 Å². The Balaban J connectivity index is 0.629. The average Bonchev–Trinajstić information content (AvgIpc) is 0.751. The molecule has 0 amide bonds. The molecule has 8 heterocycles. The fraction of sp³-hybridized carbons (Fsp3) is 0. The number of rotatable bonds is 8. The smallest absolute Gasteiger partial charge is 0.109 e. The number of aromatic nitrogens is 12. The van der Waals surface area contributed by atoms with E-state index in [2.05, 4.69) is 204 Å². The van der Waals surface area contributed by atoms with Gasteiger partial charge in [-0.2, -0.15) is 0 Å². The molecule has 0 aliphatic heterocycles. The summed E-state index contributed by atoms with van der Waals surface area (Å²) in [6.07, 6.45) is 22.1. The van der Waals surface area contributed by atoms with Crippen LogP contribution < -0.4 is 0 Å². The van der Waals surface area contributed by atoms with Crippen molar-refractivity contribution in [1.29, 1.82) is 0 Å². The van der Waals surface area contributed by atoms with Crippen LogP contribution in [-0.4, -0.2) is 59.8 Å². The molecule has 0 unspecified atom stereocenters. The van der Waals surface area contributed by atoms with E-state index >= 15 is 0 Å². The van der Waals surface area contributed by atoms with E-state index in [4.69, 9.17) is 49.8 Å². The molecule has 0 fully saturated rings. The molecule has 0 atom stereocenters. The Morgan fingerprint density at radius 2 is 0.383 bits per heavy atom. The van der Waals surface area contributed by atoms with Gasteiger partial charge < -0.3 is 0 Å². The fourth-order valence-electron chi connectivity index (χ4n) is 14.2. The molecule has 0 radical (unpaired) electrons. The van der Waals surface area contributed by atoms with Gasteiger partial charge in [-0.25, -0.2) is 0 Å². The van der Waals surface area contributed by atoms with E-state index in [1.165, 1.54) is 0 Å². The zero-order chi connectivity index (χ0) is 61.8. The lowest BCUT2D eigenvalue weighted by Crippen LogP contribution is -1.98. The third kappa shape index (κ3) is 8.40. The number of benzene rings is 11. The Morgan fingerprint density at radius 3 is 0.638 bits per heavy atom. The molecule has 0 aliphatic rings. The molecular formula is C82H46N12. The summed E-state index contributed by atoms with van der Waals surface area (Å²) in [6, 6.07) is 71.9. The van der Waals surface area contributed by atoms with Crippen molar-refractivity contribution in [2.24, 2.45) is 0 Å². The minimum absolute atomic E-state index is 0.610. The van der Waals surface area contributed by atoms with Crippen molar-refractivity contribution < 1.29 is 0 Å². The Kier molecular flexibility index (Phi) is 12.0. The van der Waals surface area contributed by atoms with E-state index < -0.39 is 0 Å². The molecule has 19 aromatic rings. The summed E-state index contributed by atoms with van der Waals surface area (Å²) in [5.74, 6) is 0. The summed E-state index contributed by atoms with van der Waals surface area (Å²) in [7, 11) is 0. The van der Waals surface area contributed by atoms with Gasteiger partial charge in [-0.05, 0) is 100 Å². The van der Waals surface area contributed by atoms with Crippen LogP contribution in [0.25, 0.3) is 198 Å². The van der Waals surface area contributed by atoms with Crippen LogP contribution in [0.5, 0.6) is 0 Å². The highest BCUT2D eigenvalue weighted by Crippen LogP contribution is 2.47. The normalized spacial score (nSPS) is 11.8. The van der Waals surface area contributed by atoms with E-state index in [-0.39, 0.29) is 0 Å². The van der Waals surface area contributed by atoms with Gasteiger partial charge in [0.2, 0.25) is 0 Å². The molecule has 94 heavy (non-hydrogen) atoms. The number of hydrogen-bond acceptors (Lipinski definition) is 12. The van der Waals surface area contributed by atoms with Crippen LogP contribution in [0.2, 0.25) is 0 Å². The quantitative estimate of drug-likeness (QED) is 0.105. The van der Waals surface area contributed by atoms with Crippen molar-refractivity contribution in [3.63, 3.8) is 0 Å². The molecule has 0 N–H and O–H groups in total. The molecule has 12 nitrogen and oxygen atoms in total. The second-order valence-corrected chi connectivity index (χ2v) is 23.5. The van der Waals surface area contributed by atoms with Crippen molar-refractivity contribution in [3.8, 4) is 90.1 Å². The summed E-state index contributed by atoms with van der Waals surface area (Å²) in [5, 5.41) is 16.9. The van der Waals surface area contributed by atoms with E-state index in [1.807, 2.05) is 61.7 Å². The minimum Gasteiger partial charge on any atom is -0.254 e. The van der Waals surface area contributed by atoms with Crippen LogP contribution in [0.1, 0.15) is 0 Å². The van der Waals surface area contributed by atoms with Gasteiger partial charge in [-0.15, -0.1) is 0 Å². The first-order valence-electron chi connectivity index (χ1n) is 31.0. The van der Waals surface area contributed by atoms with Gasteiger partial charge in [0.05, 0.1) is 94.4 Å². The maximum atomic E-state index is 5.11. The van der Waals surface area contributed by atoms with Gasteiger partial charge in [-0.3, -0.25) is 59.8 Å². The second kappa shape index (κ2) is 21.3. The number of pyridine rings is 4. The number of fused-ring (bicyclic) bond motifs is 12. The summed E-state index contributed by atoms with van der Waals surface area (Å²) in [6.45, 7) is 0. The maximum absolute atomic E-state index is 5.11. The Hall–Kier alpha value is -13.1. The Labute approximate surface area is 535 Å². The molecule has 0 spiro atoms. The molecule has 0 saturated carbocycles. The van der Waals surface area contributed by atoms with Crippen LogP contribution >= 0.6 is 0 Å². The minimum atomic E-state index is 0.610. The van der Waals surface area contributed by atoms with Crippen LogP contribution in [-0.2, 0) is 0 Å². The van der Waals surface area contributed by atoms with E-state index in [0.717, 1.165) is 176 Å². The van der Waals surface area contributed by atoms with Gasteiger partial charge in [0.15, 0.2) is 0 Å². The van der Waals surface area contributed by atoms with Crippen LogP contribution in [0.3, 0.4) is 0 Å². The lowest BCUT2D eigenvalue weighted by atomic mass is 9.87. The van der Waals surface area contributed by atoms with Crippen molar-refractivity contribution in [3.05, 3.63) is 281 Å². The lowest BCUT2D eigenvalue weighted by Gasteiger charge is -2.17. The molecule has 8 aromatic heterocycles. The molecule has 12 heteroatoms. The molecule has 0 saturated heterocycles. The summed E-state index contributed by atoms with van der Waals surface area (Å²) >= 11 is 0. The van der Waals surface area contributed by atoms with E-state index in [9.17, 15) is 0 Å². The second-order valence-electron chi connectivity index (χ2n) is 23.5. The first kappa shape index (κ1) is 52.8.